The highest BCUT2D eigenvalue weighted by atomic mass is 19.1. The summed E-state index contributed by atoms with van der Waals surface area (Å²) in [6, 6.07) is 11.6. The molecule has 0 amide bonds. The zero-order valence-corrected chi connectivity index (χ0v) is 14.7. The van der Waals surface area contributed by atoms with Crippen molar-refractivity contribution < 1.29 is 13.6 Å². The number of nitrogens with zero attached hydrogens (tertiary/aromatic N) is 3. The van der Waals surface area contributed by atoms with Crippen LogP contribution in [-0.4, -0.2) is 21.5 Å². The standard InChI is InChI=1S/C20H20FN3O2/c1-14(2)23-18-5-3-4-12-24(18)20(25)11-10-19-22-13-17(26-19)15-6-8-16(21)9-7-15/h3-9,12-14H,10-11H2,1-2H3. The number of halogens is 1. The van der Waals surface area contributed by atoms with E-state index in [4.69, 9.17) is 4.42 Å². The summed E-state index contributed by atoms with van der Waals surface area (Å²) >= 11 is 0. The van der Waals surface area contributed by atoms with Gasteiger partial charge in [-0.15, -0.1) is 0 Å². The molecule has 134 valence electrons. The van der Waals surface area contributed by atoms with Crippen molar-refractivity contribution in [3.05, 3.63) is 72.1 Å². The van der Waals surface area contributed by atoms with Crippen LogP contribution < -0.4 is 5.49 Å². The minimum atomic E-state index is -0.304. The number of hydrogen-bond acceptors (Lipinski definition) is 4. The van der Waals surface area contributed by atoms with E-state index in [1.165, 1.54) is 12.1 Å². The summed E-state index contributed by atoms with van der Waals surface area (Å²) in [5.41, 5.74) is 1.37. The molecule has 5 nitrogen and oxygen atoms in total. The molecular formula is C20H20FN3O2. The molecule has 0 unspecified atom stereocenters. The lowest BCUT2D eigenvalue weighted by atomic mass is 10.2. The lowest BCUT2D eigenvalue weighted by Crippen LogP contribution is -2.27. The number of oxazole rings is 1. The van der Waals surface area contributed by atoms with E-state index in [-0.39, 0.29) is 24.2 Å². The summed E-state index contributed by atoms with van der Waals surface area (Å²) in [4.78, 5) is 21.2. The van der Waals surface area contributed by atoms with Crippen molar-refractivity contribution in [2.45, 2.75) is 32.7 Å². The van der Waals surface area contributed by atoms with Crippen molar-refractivity contribution in [3.8, 4) is 11.3 Å². The summed E-state index contributed by atoms with van der Waals surface area (Å²) < 4.78 is 20.2. The topological polar surface area (TPSA) is 60.4 Å². The summed E-state index contributed by atoms with van der Waals surface area (Å²) in [6.07, 6.45) is 3.92. The molecule has 3 rings (SSSR count). The molecule has 0 aliphatic carbocycles. The lowest BCUT2D eigenvalue weighted by molar-refractivity contribution is 0.0894. The number of hydrogen-bond donors (Lipinski definition) is 0. The molecule has 0 N–H and O–H groups in total. The van der Waals surface area contributed by atoms with Gasteiger partial charge in [-0.3, -0.25) is 14.4 Å². The van der Waals surface area contributed by atoms with Crippen molar-refractivity contribution in [2.24, 2.45) is 4.99 Å². The second-order valence-corrected chi connectivity index (χ2v) is 6.17. The average molecular weight is 353 g/mol. The number of benzene rings is 1. The molecule has 0 saturated carbocycles. The van der Waals surface area contributed by atoms with E-state index in [1.807, 2.05) is 26.0 Å². The van der Waals surface area contributed by atoms with E-state index in [2.05, 4.69) is 9.98 Å². The van der Waals surface area contributed by atoms with Gasteiger partial charge in [-0.2, -0.15) is 0 Å². The Kier molecular flexibility index (Phi) is 5.41. The fourth-order valence-corrected chi connectivity index (χ4v) is 2.52. The zero-order valence-electron chi connectivity index (χ0n) is 14.7. The SMILES string of the molecule is CC(C)N=c1ccccn1C(=O)CCc1ncc(-c2ccc(F)cc2)o1. The Morgan fingerprint density at radius 1 is 1.23 bits per heavy atom. The lowest BCUT2D eigenvalue weighted by Gasteiger charge is -2.06. The molecule has 0 atom stereocenters. The van der Waals surface area contributed by atoms with Gasteiger partial charge >= 0.3 is 0 Å². The molecule has 0 spiro atoms. The van der Waals surface area contributed by atoms with Crippen LogP contribution in [0, 0.1) is 5.82 Å². The largest absolute Gasteiger partial charge is 0.441 e. The Labute approximate surface area is 150 Å². The smallest absolute Gasteiger partial charge is 0.232 e. The average Bonchev–Trinajstić information content (AvgIpc) is 3.09. The Morgan fingerprint density at radius 3 is 2.73 bits per heavy atom. The quantitative estimate of drug-likeness (QED) is 0.700. The van der Waals surface area contributed by atoms with E-state index < -0.39 is 0 Å². The Morgan fingerprint density at radius 2 is 2.00 bits per heavy atom. The summed E-state index contributed by atoms with van der Waals surface area (Å²) in [6.45, 7) is 3.93. The molecule has 0 aliphatic rings. The molecule has 2 aromatic heterocycles. The number of carbonyl (C=O) groups is 1. The van der Waals surface area contributed by atoms with E-state index >= 15 is 0 Å². The van der Waals surface area contributed by atoms with Gasteiger partial charge in [0.1, 0.15) is 11.3 Å². The molecule has 0 saturated heterocycles. The molecule has 2 heterocycles. The van der Waals surface area contributed by atoms with Gasteiger partial charge in [0.25, 0.3) is 0 Å². The van der Waals surface area contributed by atoms with Crippen LogP contribution in [0.4, 0.5) is 4.39 Å². The van der Waals surface area contributed by atoms with Crippen molar-refractivity contribution in [1.82, 2.24) is 9.55 Å². The molecule has 26 heavy (non-hydrogen) atoms. The summed E-state index contributed by atoms with van der Waals surface area (Å²) in [5.74, 6) is 0.639. The van der Waals surface area contributed by atoms with Crippen molar-refractivity contribution in [1.29, 1.82) is 0 Å². The minimum absolute atomic E-state index is 0.0773. The third-order valence-corrected chi connectivity index (χ3v) is 3.73. The maximum absolute atomic E-state index is 13.0. The molecule has 0 fully saturated rings. The van der Waals surface area contributed by atoms with Crippen molar-refractivity contribution >= 4 is 5.91 Å². The molecule has 0 aliphatic heterocycles. The Balaban J connectivity index is 1.70. The molecule has 3 aromatic rings. The van der Waals surface area contributed by atoms with E-state index in [0.29, 0.717) is 23.6 Å². The third-order valence-electron chi connectivity index (χ3n) is 3.73. The monoisotopic (exact) mass is 353 g/mol. The van der Waals surface area contributed by atoms with Gasteiger partial charge in [-0.05, 0) is 50.2 Å². The predicted octanol–water partition coefficient (Wildman–Crippen LogP) is 3.86. The second-order valence-electron chi connectivity index (χ2n) is 6.17. The van der Waals surface area contributed by atoms with Crippen molar-refractivity contribution in [2.75, 3.05) is 0 Å². The van der Waals surface area contributed by atoms with Gasteiger partial charge < -0.3 is 4.42 Å². The van der Waals surface area contributed by atoms with Gasteiger partial charge in [0.15, 0.2) is 11.7 Å². The van der Waals surface area contributed by atoms with E-state index in [1.54, 1.807) is 35.2 Å². The second kappa shape index (κ2) is 7.91. The first-order valence-corrected chi connectivity index (χ1v) is 8.48. The van der Waals surface area contributed by atoms with Crippen LogP contribution in [-0.2, 0) is 6.42 Å². The van der Waals surface area contributed by atoms with Gasteiger partial charge in [0.05, 0.1) is 6.20 Å². The first-order chi connectivity index (χ1) is 12.5. The van der Waals surface area contributed by atoms with Gasteiger partial charge in [-0.25, -0.2) is 9.37 Å². The normalized spacial score (nSPS) is 11.9. The summed E-state index contributed by atoms with van der Waals surface area (Å²) in [5, 5.41) is 0. The fraction of sp³-hybridized carbons (Fsp3) is 0.250. The van der Waals surface area contributed by atoms with Gasteiger partial charge in [-0.1, -0.05) is 6.07 Å². The number of carbonyl (C=O) groups excluding carboxylic acids is 1. The maximum Gasteiger partial charge on any atom is 0.232 e. The highest BCUT2D eigenvalue weighted by Crippen LogP contribution is 2.21. The van der Waals surface area contributed by atoms with Crippen LogP contribution in [0.15, 0.2) is 64.3 Å². The number of rotatable bonds is 5. The van der Waals surface area contributed by atoms with Crippen LogP contribution in [0.5, 0.6) is 0 Å². The molecular weight excluding hydrogens is 333 g/mol. The first kappa shape index (κ1) is 17.8. The number of pyridine rings is 1. The Bertz CT molecular complexity index is 955. The zero-order chi connectivity index (χ0) is 18.5. The number of aryl methyl sites for hydroxylation is 1. The van der Waals surface area contributed by atoms with E-state index in [0.717, 1.165) is 5.56 Å². The van der Waals surface area contributed by atoms with Crippen LogP contribution in [0.1, 0.15) is 31.0 Å². The predicted molar refractivity (Wildman–Crippen MR) is 96.0 cm³/mol. The summed E-state index contributed by atoms with van der Waals surface area (Å²) in [7, 11) is 0. The van der Waals surface area contributed by atoms with Gasteiger partial charge in [0, 0.05) is 30.6 Å². The van der Waals surface area contributed by atoms with Crippen LogP contribution in [0.25, 0.3) is 11.3 Å². The van der Waals surface area contributed by atoms with Crippen molar-refractivity contribution in [3.63, 3.8) is 0 Å². The maximum atomic E-state index is 13.0. The number of aromatic nitrogens is 2. The molecule has 1 aromatic carbocycles. The molecule has 0 radical (unpaired) electrons. The third kappa shape index (κ3) is 4.33. The fourth-order valence-electron chi connectivity index (χ4n) is 2.52. The Hall–Kier alpha value is -3.02. The first-order valence-electron chi connectivity index (χ1n) is 8.48. The van der Waals surface area contributed by atoms with Crippen LogP contribution >= 0.6 is 0 Å². The van der Waals surface area contributed by atoms with Gasteiger partial charge in [0.2, 0.25) is 5.91 Å². The molecule has 0 bridgehead atoms. The van der Waals surface area contributed by atoms with Crippen LogP contribution in [0.2, 0.25) is 0 Å². The molecule has 6 heteroatoms. The van der Waals surface area contributed by atoms with Crippen LogP contribution in [0.3, 0.4) is 0 Å². The highest BCUT2D eigenvalue weighted by Gasteiger charge is 2.11. The highest BCUT2D eigenvalue weighted by molar-refractivity contribution is 5.78. The van der Waals surface area contributed by atoms with E-state index in [9.17, 15) is 9.18 Å². The minimum Gasteiger partial charge on any atom is -0.441 e.